The fraction of sp³-hybridized carbons (Fsp3) is 0.476. The average molecular weight is 450 g/mol. The number of rotatable bonds is 9. The number of hydrogen-bond donors (Lipinski definition) is 3. The van der Waals surface area contributed by atoms with E-state index in [0.29, 0.717) is 32.1 Å². The number of ether oxygens (including phenoxy) is 2. The Morgan fingerprint density at radius 2 is 2.22 bits per heavy atom. The predicted molar refractivity (Wildman–Crippen MR) is 107 cm³/mol. The second kappa shape index (κ2) is 9.31. The lowest BCUT2D eigenvalue weighted by Gasteiger charge is -2.40. The first kappa shape index (κ1) is 22.3. The number of fused-ring (bicyclic) bond motifs is 1. The number of halogens is 2. The first-order valence-corrected chi connectivity index (χ1v) is 10.5. The van der Waals surface area contributed by atoms with E-state index in [2.05, 4.69) is 20.0 Å². The van der Waals surface area contributed by atoms with Crippen LogP contribution in [-0.4, -0.2) is 51.1 Å². The monoisotopic (exact) mass is 450 g/mol. The zero-order chi connectivity index (χ0) is 22.7. The van der Waals surface area contributed by atoms with E-state index in [-0.39, 0.29) is 18.9 Å². The van der Waals surface area contributed by atoms with E-state index < -0.39 is 23.3 Å². The molecule has 2 aromatic heterocycles. The Bertz CT molecular complexity index is 1040. The normalized spacial score (nSPS) is 17.0. The average Bonchev–Trinajstić information content (AvgIpc) is 3.41. The van der Waals surface area contributed by atoms with E-state index in [1.165, 1.54) is 18.7 Å². The summed E-state index contributed by atoms with van der Waals surface area (Å²) in [5.41, 5.74) is -1.63. The van der Waals surface area contributed by atoms with Crippen LogP contribution in [0.2, 0.25) is 0 Å². The molecule has 0 radical (unpaired) electrons. The minimum atomic E-state index is -1.65. The summed E-state index contributed by atoms with van der Waals surface area (Å²) in [7, 11) is 0. The third-order valence-electron chi connectivity index (χ3n) is 5.92. The maximum absolute atomic E-state index is 14.8. The van der Waals surface area contributed by atoms with E-state index in [4.69, 9.17) is 9.47 Å². The van der Waals surface area contributed by atoms with Gasteiger partial charge in [-0.2, -0.15) is 9.78 Å². The molecule has 2 atom stereocenters. The van der Waals surface area contributed by atoms with Crippen molar-refractivity contribution in [2.45, 2.75) is 45.1 Å². The van der Waals surface area contributed by atoms with Gasteiger partial charge in [-0.3, -0.25) is 4.90 Å². The van der Waals surface area contributed by atoms with Gasteiger partial charge in [0.25, 0.3) is 5.82 Å². The van der Waals surface area contributed by atoms with Crippen molar-refractivity contribution < 1.29 is 32.6 Å². The van der Waals surface area contributed by atoms with Gasteiger partial charge in [-0.05, 0) is 24.9 Å². The molecule has 0 fully saturated rings. The third kappa shape index (κ3) is 4.50. The Morgan fingerprint density at radius 3 is 2.94 bits per heavy atom. The van der Waals surface area contributed by atoms with Crippen molar-refractivity contribution >= 4 is 0 Å². The molecule has 4 rings (SSSR count). The van der Waals surface area contributed by atoms with Crippen LogP contribution in [0.1, 0.15) is 25.2 Å². The number of aliphatic hydroxyl groups is 1. The van der Waals surface area contributed by atoms with E-state index in [1.54, 1.807) is 4.68 Å². The maximum Gasteiger partial charge on any atom is 0.324 e. The van der Waals surface area contributed by atoms with Crippen LogP contribution in [0.4, 0.5) is 8.78 Å². The minimum absolute atomic E-state index is 0.0145. The second-order valence-corrected chi connectivity index (χ2v) is 7.86. The number of aromatic nitrogens is 5. The van der Waals surface area contributed by atoms with E-state index in [1.807, 2.05) is 24.6 Å². The van der Waals surface area contributed by atoms with E-state index in [0.717, 1.165) is 18.0 Å². The highest BCUT2D eigenvalue weighted by atomic mass is 19.1. The molecule has 9 nitrogen and oxygen atoms in total. The molecule has 1 aliphatic rings. The largest absolute Gasteiger partial charge is 0.433 e. The Hall–Kier alpha value is -2.89. The van der Waals surface area contributed by atoms with Crippen molar-refractivity contribution in [1.29, 1.82) is 0 Å². The molecule has 0 spiro atoms. The molecule has 0 amide bonds. The summed E-state index contributed by atoms with van der Waals surface area (Å²) in [4.78, 5) is 9.25. The number of nitrogens with one attached hydrogen (secondary N) is 2. The first-order chi connectivity index (χ1) is 15.4. The molecule has 172 valence electrons. The summed E-state index contributed by atoms with van der Waals surface area (Å²) in [6.45, 7) is 6.23. The SMILES string of the molecule is CCOCOc1c[n+]2c([nH]1)CN([C@H](C)[C@](O)(C[n+]1cnc[nH]1)c1ccc(F)cc1F)CC2. The highest BCUT2D eigenvalue weighted by molar-refractivity contribution is 5.26. The molecule has 0 aliphatic carbocycles. The molecule has 11 heteroatoms. The van der Waals surface area contributed by atoms with Gasteiger partial charge in [-0.15, -0.1) is 0 Å². The third-order valence-corrected chi connectivity index (χ3v) is 5.92. The lowest BCUT2D eigenvalue weighted by atomic mass is 9.85. The molecule has 1 aliphatic heterocycles. The van der Waals surface area contributed by atoms with Gasteiger partial charge < -0.3 is 14.6 Å². The van der Waals surface area contributed by atoms with Gasteiger partial charge in [0.2, 0.25) is 6.33 Å². The number of nitrogens with zero attached hydrogens (tertiary/aromatic N) is 4. The molecular weight excluding hydrogens is 422 g/mol. The van der Waals surface area contributed by atoms with E-state index in [9.17, 15) is 13.9 Å². The van der Waals surface area contributed by atoms with Crippen molar-refractivity contribution in [2.75, 3.05) is 19.9 Å². The highest BCUT2D eigenvalue weighted by Gasteiger charge is 2.45. The lowest BCUT2D eigenvalue weighted by Crippen LogP contribution is -2.60. The maximum atomic E-state index is 14.8. The van der Waals surface area contributed by atoms with Gasteiger partial charge in [-0.25, -0.2) is 18.3 Å². The van der Waals surface area contributed by atoms with Crippen molar-refractivity contribution in [1.82, 2.24) is 20.0 Å². The van der Waals surface area contributed by atoms with Crippen molar-refractivity contribution in [3.63, 3.8) is 0 Å². The molecule has 3 N–H and O–H groups in total. The van der Waals surface area contributed by atoms with E-state index >= 15 is 0 Å². The lowest BCUT2D eigenvalue weighted by molar-refractivity contribution is -0.765. The number of hydrogen-bond acceptors (Lipinski definition) is 5. The van der Waals surface area contributed by atoms with Crippen LogP contribution in [0.15, 0.2) is 37.1 Å². The predicted octanol–water partition coefficient (Wildman–Crippen LogP) is 0.756. The summed E-state index contributed by atoms with van der Waals surface area (Å²) < 4.78 is 42.8. The number of imidazole rings is 1. The zero-order valence-corrected chi connectivity index (χ0v) is 18.1. The van der Waals surface area contributed by atoms with Crippen LogP contribution in [0, 0.1) is 11.6 Å². The molecular formula is C21H28F2N6O3+2. The molecule has 0 bridgehead atoms. The molecule has 1 aromatic carbocycles. The van der Waals surface area contributed by atoms with Gasteiger partial charge in [-0.1, -0.05) is 6.07 Å². The molecule has 0 unspecified atom stereocenters. The van der Waals surface area contributed by atoms with Crippen LogP contribution >= 0.6 is 0 Å². The smallest absolute Gasteiger partial charge is 0.324 e. The fourth-order valence-corrected chi connectivity index (χ4v) is 4.08. The van der Waals surface area contributed by atoms with Crippen molar-refractivity contribution in [3.8, 4) is 5.88 Å². The van der Waals surface area contributed by atoms with Crippen molar-refractivity contribution in [2.24, 2.45) is 0 Å². The van der Waals surface area contributed by atoms with Crippen LogP contribution in [0.3, 0.4) is 0 Å². The molecule has 0 saturated carbocycles. The number of benzene rings is 1. The summed E-state index contributed by atoms with van der Waals surface area (Å²) in [6.07, 6.45) is 4.86. The Balaban J connectivity index is 1.59. The fourth-order valence-electron chi connectivity index (χ4n) is 4.08. The quantitative estimate of drug-likeness (QED) is 0.254. The number of H-pyrrole nitrogens is 2. The second-order valence-electron chi connectivity index (χ2n) is 7.86. The molecule has 0 saturated heterocycles. The standard InChI is InChI=1S/C21H26F2N6O3/c1-3-31-14-32-20-10-28-7-6-27(9-19(28)26-20)15(2)21(30,11-29-13-24-12-25-29)17-5-4-16(22)8-18(17)23/h4-5,8,10,12-13,15,30H,3,6-7,9,11,14H2,1-2H3/p+2/t15-,21-/m1/s1. The zero-order valence-electron chi connectivity index (χ0n) is 18.1. The Kier molecular flexibility index (Phi) is 6.49. The Morgan fingerprint density at radius 1 is 1.38 bits per heavy atom. The van der Waals surface area contributed by atoms with Crippen LogP contribution in [0.5, 0.6) is 5.88 Å². The van der Waals surface area contributed by atoms with Crippen LogP contribution < -0.4 is 14.0 Å². The minimum Gasteiger partial charge on any atom is -0.433 e. The Labute approximate surface area is 184 Å². The summed E-state index contributed by atoms with van der Waals surface area (Å²) in [6, 6.07) is 2.74. The van der Waals surface area contributed by atoms with Gasteiger partial charge in [0.15, 0.2) is 13.0 Å². The molecule has 32 heavy (non-hydrogen) atoms. The van der Waals surface area contributed by atoms with Gasteiger partial charge in [0, 0.05) is 30.8 Å². The van der Waals surface area contributed by atoms with Crippen molar-refractivity contribution in [3.05, 3.63) is 60.1 Å². The summed E-state index contributed by atoms with van der Waals surface area (Å²) in [5, 5.41) is 14.7. The van der Waals surface area contributed by atoms with Crippen LogP contribution in [0.25, 0.3) is 0 Å². The van der Waals surface area contributed by atoms with Gasteiger partial charge >= 0.3 is 12.2 Å². The summed E-state index contributed by atoms with van der Waals surface area (Å²) in [5.74, 6) is -0.0000183. The topological polar surface area (TPSA) is 94.2 Å². The summed E-state index contributed by atoms with van der Waals surface area (Å²) >= 11 is 0. The molecule has 3 aromatic rings. The van der Waals surface area contributed by atoms with Crippen LogP contribution in [-0.2, 0) is 30.0 Å². The number of aromatic amines is 2. The van der Waals surface area contributed by atoms with Gasteiger partial charge in [0.1, 0.15) is 36.9 Å². The highest BCUT2D eigenvalue weighted by Crippen LogP contribution is 2.32. The molecule has 3 heterocycles. The first-order valence-electron chi connectivity index (χ1n) is 10.5. The van der Waals surface area contributed by atoms with Gasteiger partial charge in [0.05, 0.1) is 0 Å².